The molecule has 7 nitrogen and oxygen atoms in total. The number of ether oxygens (including phenoxy) is 4. The Kier molecular flexibility index (Phi) is 3.42. The Morgan fingerprint density at radius 1 is 0.833 bits per heavy atom. The van der Waals surface area contributed by atoms with Crippen molar-refractivity contribution in [1.82, 2.24) is 0 Å². The predicted molar refractivity (Wildman–Crippen MR) is 85.6 cm³/mol. The molecule has 2 aliphatic heterocycles. The van der Waals surface area contributed by atoms with Crippen LogP contribution < -0.4 is 23.3 Å². The highest BCUT2D eigenvalue weighted by molar-refractivity contribution is 7.92. The van der Waals surface area contributed by atoms with Gasteiger partial charge in [-0.3, -0.25) is 4.31 Å². The molecule has 2 aromatic carbocycles. The first-order valence-electron chi connectivity index (χ1n) is 7.34. The zero-order chi connectivity index (χ0) is 16.7. The molecule has 0 saturated heterocycles. The molecule has 2 aromatic rings. The topological polar surface area (TPSA) is 74.3 Å². The smallest absolute Gasteiger partial charge is 0.264 e. The first kappa shape index (κ1) is 14.9. The second-order valence-electron chi connectivity index (χ2n) is 5.32. The van der Waals surface area contributed by atoms with Gasteiger partial charge in [0, 0.05) is 19.2 Å². The number of hydrogen-bond acceptors (Lipinski definition) is 6. The van der Waals surface area contributed by atoms with Crippen LogP contribution in [0.25, 0.3) is 0 Å². The van der Waals surface area contributed by atoms with E-state index in [2.05, 4.69) is 0 Å². The van der Waals surface area contributed by atoms with E-state index in [1.54, 1.807) is 24.3 Å². The molecule has 0 aromatic heterocycles. The number of anilines is 1. The maximum absolute atomic E-state index is 12.9. The number of hydrogen-bond donors (Lipinski definition) is 0. The molecule has 0 unspecified atom stereocenters. The normalized spacial score (nSPS) is 15.2. The maximum Gasteiger partial charge on any atom is 0.264 e. The third-order valence-corrected chi connectivity index (χ3v) is 5.67. The van der Waals surface area contributed by atoms with Gasteiger partial charge in [-0.25, -0.2) is 8.42 Å². The van der Waals surface area contributed by atoms with E-state index >= 15 is 0 Å². The zero-order valence-corrected chi connectivity index (χ0v) is 13.7. The van der Waals surface area contributed by atoms with Gasteiger partial charge < -0.3 is 18.9 Å². The lowest BCUT2D eigenvalue weighted by molar-refractivity contribution is 0.171. The fourth-order valence-electron chi connectivity index (χ4n) is 2.56. The van der Waals surface area contributed by atoms with E-state index < -0.39 is 10.0 Å². The molecule has 0 aliphatic carbocycles. The Balaban J connectivity index is 1.69. The lowest BCUT2D eigenvalue weighted by atomic mass is 10.2. The fourth-order valence-corrected chi connectivity index (χ4v) is 3.77. The lowest BCUT2D eigenvalue weighted by Gasteiger charge is -2.23. The van der Waals surface area contributed by atoms with E-state index in [-0.39, 0.29) is 11.7 Å². The van der Waals surface area contributed by atoms with Crippen LogP contribution in [0.3, 0.4) is 0 Å². The predicted octanol–water partition coefficient (Wildman–Crippen LogP) is 2.01. The molecule has 8 heteroatoms. The average molecular weight is 349 g/mol. The summed E-state index contributed by atoms with van der Waals surface area (Å²) >= 11 is 0. The largest absolute Gasteiger partial charge is 0.486 e. The summed E-state index contributed by atoms with van der Waals surface area (Å²) in [5.41, 5.74) is 0.483. The lowest BCUT2D eigenvalue weighted by Crippen LogP contribution is -2.26. The molecule has 0 amide bonds. The summed E-state index contributed by atoms with van der Waals surface area (Å²) in [6.07, 6.45) is 0. The van der Waals surface area contributed by atoms with Crippen LogP contribution >= 0.6 is 0 Å². The highest BCUT2D eigenvalue weighted by Gasteiger charge is 2.25. The first-order valence-corrected chi connectivity index (χ1v) is 8.78. The number of rotatable bonds is 3. The van der Waals surface area contributed by atoms with E-state index in [1.807, 2.05) is 0 Å². The summed E-state index contributed by atoms with van der Waals surface area (Å²) in [6, 6.07) is 9.59. The summed E-state index contributed by atoms with van der Waals surface area (Å²) < 4.78 is 48.3. The van der Waals surface area contributed by atoms with Crippen LogP contribution in [0.2, 0.25) is 0 Å². The fraction of sp³-hybridized carbons (Fsp3) is 0.250. The van der Waals surface area contributed by atoms with Crippen LogP contribution in [-0.4, -0.2) is 35.5 Å². The minimum Gasteiger partial charge on any atom is -0.486 e. The van der Waals surface area contributed by atoms with E-state index in [4.69, 9.17) is 18.9 Å². The molecule has 0 radical (unpaired) electrons. The first-order chi connectivity index (χ1) is 11.6. The van der Waals surface area contributed by atoms with Crippen molar-refractivity contribution in [2.24, 2.45) is 0 Å². The summed E-state index contributed by atoms with van der Waals surface area (Å²) in [5, 5.41) is 0. The molecule has 24 heavy (non-hydrogen) atoms. The molecule has 0 bridgehead atoms. The second kappa shape index (κ2) is 5.48. The molecule has 0 saturated carbocycles. The van der Waals surface area contributed by atoms with Crippen LogP contribution in [0.5, 0.6) is 23.0 Å². The standard InChI is InChI=1S/C16H15NO6S/c1-17(11-2-4-13-15(8-11)21-7-6-20-13)24(18,19)12-3-5-14-16(9-12)23-10-22-14/h2-5,8-9H,6-7,10H2,1H3. The number of nitrogens with zero attached hydrogens (tertiary/aromatic N) is 1. The zero-order valence-electron chi connectivity index (χ0n) is 12.9. The van der Waals surface area contributed by atoms with Crippen LogP contribution in [0.1, 0.15) is 0 Å². The van der Waals surface area contributed by atoms with Gasteiger partial charge in [-0.15, -0.1) is 0 Å². The molecular formula is C16H15NO6S. The Morgan fingerprint density at radius 3 is 2.29 bits per heavy atom. The Morgan fingerprint density at radius 2 is 1.46 bits per heavy atom. The van der Waals surface area contributed by atoms with Gasteiger partial charge in [-0.2, -0.15) is 0 Å². The molecule has 0 fully saturated rings. The van der Waals surface area contributed by atoms with Gasteiger partial charge in [0.05, 0.1) is 10.6 Å². The van der Waals surface area contributed by atoms with Crippen LogP contribution in [0, 0.1) is 0 Å². The summed E-state index contributed by atoms with van der Waals surface area (Å²) in [6.45, 7) is 1.02. The molecular weight excluding hydrogens is 334 g/mol. The molecule has 0 spiro atoms. The van der Waals surface area contributed by atoms with Crippen molar-refractivity contribution >= 4 is 15.7 Å². The molecule has 126 valence electrons. The van der Waals surface area contributed by atoms with Crippen molar-refractivity contribution in [3.8, 4) is 23.0 Å². The van der Waals surface area contributed by atoms with Gasteiger partial charge in [0.25, 0.3) is 10.0 Å². The van der Waals surface area contributed by atoms with Crippen LogP contribution in [0.4, 0.5) is 5.69 Å². The van der Waals surface area contributed by atoms with Crippen molar-refractivity contribution < 1.29 is 27.4 Å². The van der Waals surface area contributed by atoms with Crippen LogP contribution in [-0.2, 0) is 10.0 Å². The SMILES string of the molecule is CN(c1ccc2c(c1)OCCO2)S(=O)(=O)c1ccc2c(c1)OCO2. The van der Waals surface area contributed by atoms with Gasteiger partial charge in [0.2, 0.25) is 6.79 Å². The van der Waals surface area contributed by atoms with E-state index in [0.717, 1.165) is 0 Å². The molecule has 0 N–H and O–H groups in total. The number of fused-ring (bicyclic) bond motifs is 2. The minimum absolute atomic E-state index is 0.0941. The van der Waals surface area contributed by atoms with Crippen molar-refractivity contribution in [2.45, 2.75) is 4.90 Å². The van der Waals surface area contributed by atoms with Crippen LogP contribution in [0.15, 0.2) is 41.3 Å². The number of benzene rings is 2. The highest BCUT2D eigenvalue weighted by Crippen LogP contribution is 2.37. The third kappa shape index (κ3) is 2.39. The Hall–Kier alpha value is -2.61. The quantitative estimate of drug-likeness (QED) is 0.844. The molecule has 2 heterocycles. The Bertz CT molecular complexity index is 895. The van der Waals surface area contributed by atoms with E-state index in [0.29, 0.717) is 41.9 Å². The molecule has 0 atom stereocenters. The van der Waals surface area contributed by atoms with Crippen molar-refractivity contribution in [2.75, 3.05) is 31.4 Å². The van der Waals surface area contributed by atoms with Gasteiger partial charge in [0.15, 0.2) is 23.0 Å². The van der Waals surface area contributed by atoms with Crippen molar-refractivity contribution in [3.63, 3.8) is 0 Å². The average Bonchev–Trinajstić information content (AvgIpc) is 3.08. The number of sulfonamides is 1. The van der Waals surface area contributed by atoms with Crippen molar-refractivity contribution in [1.29, 1.82) is 0 Å². The van der Waals surface area contributed by atoms with Gasteiger partial charge in [-0.1, -0.05) is 0 Å². The van der Waals surface area contributed by atoms with E-state index in [1.165, 1.54) is 23.5 Å². The summed E-state index contributed by atoms with van der Waals surface area (Å²) in [7, 11) is -2.25. The Labute approximate surface area is 139 Å². The monoisotopic (exact) mass is 349 g/mol. The minimum atomic E-state index is -3.74. The molecule has 4 rings (SSSR count). The molecule has 2 aliphatic rings. The van der Waals surface area contributed by atoms with Gasteiger partial charge in [0.1, 0.15) is 13.2 Å². The summed E-state index contributed by atoms with van der Waals surface area (Å²) in [5.74, 6) is 2.10. The second-order valence-corrected chi connectivity index (χ2v) is 7.28. The summed E-state index contributed by atoms with van der Waals surface area (Å²) in [4.78, 5) is 0.129. The van der Waals surface area contributed by atoms with E-state index in [9.17, 15) is 8.42 Å². The van der Waals surface area contributed by atoms with Gasteiger partial charge in [-0.05, 0) is 24.3 Å². The third-order valence-electron chi connectivity index (χ3n) is 3.89. The highest BCUT2D eigenvalue weighted by atomic mass is 32.2. The van der Waals surface area contributed by atoms with Crippen molar-refractivity contribution in [3.05, 3.63) is 36.4 Å². The van der Waals surface area contributed by atoms with Gasteiger partial charge >= 0.3 is 0 Å². The maximum atomic E-state index is 12.9.